The molecule has 2 aliphatic rings. The van der Waals surface area contributed by atoms with Gasteiger partial charge in [0.25, 0.3) is 0 Å². The minimum absolute atomic E-state index is 0.0784. The van der Waals surface area contributed by atoms with Gasteiger partial charge in [-0.2, -0.15) is 0 Å². The van der Waals surface area contributed by atoms with Gasteiger partial charge in [0.2, 0.25) is 0 Å². The standard InChI is InChI=1S/C23H28ClNO4/c24-18-5-6-22-19(15-18)20(16-28-21-4-2-1-3-17(21)7-13-26)23(29-22)8-10-25(11-9-23)12-14-27/h1-6,15,20,26-27H,7-14,16H2. The van der Waals surface area contributed by atoms with Crippen LogP contribution in [0.4, 0.5) is 0 Å². The summed E-state index contributed by atoms with van der Waals surface area (Å²) in [6.45, 7) is 3.24. The van der Waals surface area contributed by atoms with Crippen LogP contribution in [0.3, 0.4) is 0 Å². The second-order valence-corrected chi connectivity index (χ2v) is 8.30. The molecule has 0 aliphatic carbocycles. The predicted octanol–water partition coefficient (Wildman–Crippen LogP) is 3.26. The molecule has 0 radical (unpaired) electrons. The highest BCUT2D eigenvalue weighted by molar-refractivity contribution is 6.30. The fourth-order valence-electron chi connectivity index (χ4n) is 4.59. The van der Waals surface area contributed by atoms with Gasteiger partial charge in [0.15, 0.2) is 0 Å². The molecule has 4 rings (SSSR count). The van der Waals surface area contributed by atoms with Gasteiger partial charge < -0.3 is 24.6 Å². The van der Waals surface area contributed by atoms with Crippen molar-refractivity contribution >= 4 is 11.6 Å². The number of ether oxygens (including phenoxy) is 2. The highest BCUT2D eigenvalue weighted by Crippen LogP contribution is 2.50. The van der Waals surface area contributed by atoms with Crippen molar-refractivity contribution in [3.63, 3.8) is 0 Å². The van der Waals surface area contributed by atoms with Crippen LogP contribution in [0.1, 0.15) is 29.9 Å². The zero-order valence-electron chi connectivity index (χ0n) is 16.5. The van der Waals surface area contributed by atoms with Crippen LogP contribution in [0.25, 0.3) is 0 Å². The predicted molar refractivity (Wildman–Crippen MR) is 113 cm³/mol. The third-order valence-electron chi connectivity index (χ3n) is 6.17. The highest BCUT2D eigenvalue weighted by Gasteiger charge is 2.50. The smallest absolute Gasteiger partial charge is 0.124 e. The van der Waals surface area contributed by atoms with E-state index in [1.807, 2.05) is 42.5 Å². The molecular formula is C23H28ClNO4. The normalized spacial score (nSPS) is 20.4. The van der Waals surface area contributed by atoms with Crippen molar-refractivity contribution in [1.82, 2.24) is 4.90 Å². The van der Waals surface area contributed by atoms with E-state index in [1.54, 1.807) is 0 Å². The molecule has 0 bridgehead atoms. The van der Waals surface area contributed by atoms with Gasteiger partial charge >= 0.3 is 0 Å². The first kappa shape index (κ1) is 20.5. The number of aliphatic hydroxyl groups excluding tert-OH is 2. The van der Waals surface area contributed by atoms with Gasteiger partial charge in [-0.05, 0) is 36.2 Å². The molecule has 0 amide bonds. The molecule has 1 fully saturated rings. The average Bonchev–Trinajstić information content (AvgIpc) is 3.02. The molecule has 2 N–H and O–H groups in total. The van der Waals surface area contributed by atoms with Crippen molar-refractivity contribution < 1.29 is 19.7 Å². The molecule has 5 nitrogen and oxygen atoms in total. The van der Waals surface area contributed by atoms with Crippen LogP contribution in [0.15, 0.2) is 42.5 Å². The van der Waals surface area contributed by atoms with Gasteiger partial charge in [0, 0.05) is 49.7 Å². The largest absolute Gasteiger partial charge is 0.493 e. The Labute approximate surface area is 176 Å². The third-order valence-corrected chi connectivity index (χ3v) is 6.41. The number of likely N-dealkylation sites (tertiary alicyclic amines) is 1. The second kappa shape index (κ2) is 8.92. The van der Waals surface area contributed by atoms with Crippen LogP contribution in [0, 0.1) is 0 Å². The molecule has 1 saturated heterocycles. The molecule has 0 saturated carbocycles. The Bertz CT molecular complexity index is 835. The number of para-hydroxylation sites is 1. The van der Waals surface area contributed by atoms with Crippen LogP contribution in [-0.4, -0.2) is 60.2 Å². The quantitative estimate of drug-likeness (QED) is 0.724. The molecule has 6 heteroatoms. The van der Waals surface area contributed by atoms with E-state index in [9.17, 15) is 10.2 Å². The molecule has 0 aromatic heterocycles. The van der Waals surface area contributed by atoms with E-state index in [4.69, 9.17) is 21.1 Å². The first-order valence-corrected chi connectivity index (χ1v) is 10.7. The van der Waals surface area contributed by atoms with Crippen molar-refractivity contribution in [3.05, 3.63) is 58.6 Å². The van der Waals surface area contributed by atoms with Gasteiger partial charge in [-0.15, -0.1) is 0 Å². The number of hydrogen-bond acceptors (Lipinski definition) is 5. The monoisotopic (exact) mass is 417 g/mol. The lowest BCUT2D eigenvalue weighted by Gasteiger charge is -2.42. The second-order valence-electron chi connectivity index (χ2n) is 7.86. The van der Waals surface area contributed by atoms with Crippen molar-refractivity contribution in [2.24, 2.45) is 0 Å². The number of nitrogens with zero attached hydrogens (tertiary/aromatic N) is 1. The summed E-state index contributed by atoms with van der Waals surface area (Å²) >= 11 is 6.30. The Morgan fingerprint density at radius 3 is 2.66 bits per heavy atom. The van der Waals surface area contributed by atoms with E-state index in [0.717, 1.165) is 48.6 Å². The summed E-state index contributed by atoms with van der Waals surface area (Å²) in [5, 5.41) is 19.3. The molecule has 2 heterocycles. The zero-order chi connectivity index (χ0) is 20.3. The third kappa shape index (κ3) is 4.24. The molecule has 1 atom stereocenters. The lowest BCUT2D eigenvalue weighted by Crippen LogP contribution is -2.50. The Balaban J connectivity index is 1.57. The van der Waals surface area contributed by atoms with Gasteiger partial charge in [0.1, 0.15) is 17.1 Å². The summed E-state index contributed by atoms with van der Waals surface area (Å²) < 4.78 is 12.8. The molecule has 2 aromatic carbocycles. The molecule has 156 valence electrons. The Morgan fingerprint density at radius 2 is 1.90 bits per heavy atom. The summed E-state index contributed by atoms with van der Waals surface area (Å²) in [6.07, 6.45) is 2.33. The van der Waals surface area contributed by atoms with E-state index in [2.05, 4.69) is 4.90 Å². The maximum absolute atomic E-state index is 9.34. The first-order valence-electron chi connectivity index (χ1n) is 10.3. The molecule has 2 aliphatic heterocycles. The molecular weight excluding hydrogens is 390 g/mol. The highest BCUT2D eigenvalue weighted by atomic mass is 35.5. The summed E-state index contributed by atoms with van der Waals surface area (Å²) in [5.74, 6) is 1.78. The molecule has 1 spiro atoms. The number of aliphatic hydroxyl groups is 2. The van der Waals surface area contributed by atoms with Gasteiger partial charge in [-0.3, -0.25) is 0 Å². The van der Waals surface area contributed by atoms with E-state index in [1.165, 1.54) is 0 Å². The van der Waals surface area contributed by atoms with Crippen molar-refractivity contribution in [1.29, 1.82) is 0 Å². The van der Waals surface area contributed by atoms with Crippen LogP contribution in [-0.2, 0) is 6.42 Å². The Morgan fingerprint density at radius 1 is 1.10 bits per heavy atom. The van der Waals surface area contributed by atoms with E-state index in [-0.39, 0.29) is 24.7 Å². The number of piperidine rings is 1. The fourth-order valence-corrected chi connectivity index (χ4v) is 4.77. The fraction of sp³-hybridized carbons (Fsp3) is 0.478. The number of hydrogen-bond donors (Lipinski definition) is 2. The number of benzene rings is 2. The lowest BCUT2D eigenvalue weighted by molar-refractivity contribution is -0.0133. The van der Waals surface area contributed by atoms with Crippen LogP contribution in [0.2, 0.25) is 5.02 Å². The van der Waals surface area contributed by atoms with E-state index in [0.29, 0.717) is 24.6 Å². The van der Waals surface area contributed by atoms with Gasteiger partial charge in [-0.25, -0.2) is 0 Å². The number of fused-ring (bicyclic) bond motifs is 1. The van der Waals surface area contributed by atoms with Crippen LogP contribution in [0.5, 0.6) is 11.5 Å². The van der Waals surface area contributed by atoms with Gasteiger partial charge in [0.05, 0.1) is 19.1 Å². The SMILES string of the molecule is OCCc1ccccc1OCC1c2cc(Cl)ccc2OC12CCN(CCO)CC2. The van der Waals surface area contributed by atoms with Crippen LogP contribution < -0.4 is 9.47 Å². The molecule has 2 aromatic rings. The minimum atomic E-state index is -0.315. The maximum Gasteiger partial charge on any atom is 0.124 e. The summed E-state index contributed by atoms with van der Waals surface area (Å²) in [6, 6.07) is 13.7. The van der Waals surface area contributed by atoms with Crippen LogP contribution >= 0.6 is 11.6 Å². The van der Waals surface area contributed by atoms with Crippen molar-refractivity contribution in [3.8, 4) is 11.5 Å². The number of halogens is 1. The number of β-amino-alcohol motifs (C(OH)–C–C–N with tert-alkyl or cyclic N) is 1. The van der Waals surface area contributed by atoms with Gasteiger partial charge in [-0.1, -0.05) is 29.8 Å². The molecule has 29 heavy (non-hydrogen) atoms. The Hall–Kier alpha value is -1.79. The summed E-state index contributed by atoms with van der Waals surface area (Å²) in [4.78, 5) is 2.28. The van der Waals surface area contributed by atoms with Crippen molar-refractivity contribution in [2.75, 3.05) is 39.5 Å². The topological polar surface area (TPSA) is 62.2 Å². The number of rotatable bonds is 7. The van der Waals surface area contributed by atoms with E-state index < -0.39 is 0 Å². The van der Waals surface area contributed by atoms with E-state index >= 15 is 0 Å². The zero-order valence-corrected chi connectivity index (χ0v) is 17.3. The lowest BCUT2D eigenvalue weighted by atomic mass is 9.78. The van der Waals surface area contributed by atoms with Crippen molar-refractivity contribution in [2.45, 2.75) is 30.8 Å². The molecule has 1 unspecified atom stereocenters. The first-order chi connectivity index (χ1) is 14.1. The summed E-state index contributed by atoms with van der Waals surface area (Å²) in [7, 11) is 0. The Kier molecular flexibility index (Phi) is 6.30. The summed E-state index contributed by atoms with van der Waals surface area (Å²) in [5.41, 5.74) is 1.80. The average molecular weight is 418 g/mol. The minimum Gasteiger partial charge on any atom is -0.493 e. The maximum atomic E-state index is 9.34.